The fourth-order valence-corrected chi connectivity index (χ4v) is 6.58. The predicted molar refractivity (Wildman–Crippen MR) is 135 cm³/mol. The van der Waals surface area contributed by atoms with Crippen LogP contribution < -0.4 is 19.7 Å². The van der Waals surface area contributed by atoms with Crippen LogP contribution >= 0.6 is 23.2 Å². The summed E-state index contributed by atoms with van der Waals surface area (Å²) in [5, 5.41) is 1.91. The molecular formula is C26H24Cl2N2O7. The van der Waals surface area contributed by atoms with Crippen molar-refractivity contribution < 1.29 is 33.4 Å². The number of hydrogen-bond donors (Lipinski definition) is 1. The number of benzene rings is 2. The number of fused-ring (bicyclic) bond motifs is 5. The van der Waals surface area contributed by atoms with E-state index in [1.54, 1.807) is 30.3 Å². The third kappa shape index (κ3) is 4.30. The van der Waals surface area contributed by atoms with Crippen LogP contribution in [0.1, 0.15) is 16.8 Å². The van der Waals surface area contributed by atoms with Crippen molar-refractivity contribution in [3.05, 3.63) is 48.0 Å². The van der Waals surface area contributed by atoms with Crippen LogP contribution in [0.3, 0.4) is 0 Å². The first-order valence-corrected chi connectivity index (χ1v) is 12.6. The zero-order chi connectivity index (χ0) is 26.4. The van der Waals surface area contributed by atoms with Crippen LogP contribution in [0.25, 0.3) is 0 Å². The van der Waals surface area contributed by atoms with Gasteiger partial charge in [-0.25, -0.2) is 4.79 Å². The van der Waals surface area contributed by atoms with Crippen LogP contribution in [-0.4, -0.2) is 55.3 Å². The smallest absolute Gasteiger partial charge is 0.338 e. The molecule has 0 radical (unpaired) electrons. The quantitative estimate of drug-likeness (QED) is 0.321. The largest absolute Gasteiger partial charge is 0.497 e. The second kappa shape index (κ2) is 9.87. The molecule has 2 aliphatic carbocycles. The van der Waals surface area contributed by atoms with Crippen molar-refractivity contribution in [1.29, 1.82) is 0 Å². The number of ether oxygens (including phenoxy) is 3. The van der Waals surface area contributed by atoms with Gasteiger partial charge in [0.25, 0.3) is 5.91 Å². The lowest BCUT2D eigenvalue weighted by molar-refractivity contribution is -0.123. The van der Waals surface area contributed by atoms with Gasteiger partial charge in [-0.05, 0) is 48.6 Å². The highest BCUT2D eigenvalue weighted by Crippen LogP contribution is 2.59. The third-order valence-corrected chi connectivity index (χ3v) is 8.66. The lowest BCUT2D eigenvalue weighted by Crippen LogP contribution is -2.37. The number of nitrogens with one attached hydrogen (secondary N) is 1. The van der Waals surface area contributed by atoms with Crippen LogP contribution in [-0.2, 0) is 19.1 Å². The molecule has 6 atom stereocenters. The van der Waals surface area contributed by atoms with Crippen molar-refractivity contribution in [1.82, 2.24) is 0 Å². The van der Waals surface area contributed by atoms with Crippen LogP contribution in [0.5, 0.6) is 11.5 Å². The fourth-order valence-electron chi connectivity index (χ4n) is 5.69. The molecule has 0 spiro atoms. The summed E-state index contributed by atoms with van der Waals surface area (Å²) in [7, 11) is 2.95. The number of esters is 1. The Balaban J connectivity index is 1.26. The number of nitrogens with zero attached hydrogens (tertiary/aromatic N) is 1. The molecule has 194 valence electrons. The van der Waals surface area contributed by atoms with E-state index in [4.69, 9.17) is 37.4 Å². The summed E-state index contributed by atoms with van der Waals surface area (Å²) in [5.74, 6) is -2.38. The number of imide groups is 1. The standard InChI is InChI=1S/C26H24Cl2N2O7/c1-35-14-6-7-18(36-2)17(9-14)29-19(31)11-37-26(34)12-4-3-5-13(8-12)30-24(32)20-15-10-16(21(20)25(30)33)23(28)22(15)27/h3-9,15-16,20-23H,10-11H2,1-2H3,(H,29,31)/t15-,16-,20-,21+,22-,23+/m1/s1. The summed E-state index contributed by atoms with van der Waals surface area (Å²) in [6, 6.07) is 10.9. The number of methoxy groups -OCH3 is 2. The lowest BCUT2D eigenvalue weighted by atomic mass is 9.80. The van der Waals surface area contributed by atoms with Gasteiger partial charge in [0.05, 0.1) is 53.7 Å². The molecule has 2 bridgehead atoms. The molecule has 1 heterocycles. The molecule has 9 nitrogen and oxygen atoms in total. The number of alkyl halides is 2. The van der Waals surface area contributed by atoms with Gasteiger partial charge >= 0.3 is 5.97 Å². The Hall–Kier alpha value is -3.30. The minimum atomic E-state index is -0.782. The van der Waals surface area contributed by atoms with Crippen molar-refractivity contribution in [3.63, 3.8) is 0 Å². The van der Waals surface area contributed by atoms with Crippen molar-refractivity contribution in [3.8, 4) is 11.5 Å². The molecule has 1 saturated heterocycles. The summed E-state index contributed by atoms with van der Waals surface area (Å²) < 4.78 is 15.5. The van der Waals surface area contributed by atoms with E-state index < -0.39 is 30.3 Å². The molecule has 0 unspecified atom stereocenters. The molecule has 0 aromatic heterocycles. The van der Waals surface area contributed by atoms with Crippen LogP contribution in [0.4, 0.5) is 11.4 Å². The predicted octanol–water partition coefficient (Wildman–Crippen LogP) is 3.47. The molecule has 11 heteroatoms. The lowest BCUT2D eigenvalue weighted by Gasteiger charge is -2.28. The molecule has 3 fully saturated rings. The number of amides is 3. The average Bonchev–Trinajstić information content (AvgIpc) is 3.51. The zero-order valence-electron chi connectivity index (χ0n) is 20.0. The molecule has 2 aromatic carbocycles. The van der Waals surface area contributed by atoms with E-state index in [1.807, 2.05) is 0 Å². The molecule has 3 aliphatic rings. The Morgan fingerprint density at radius 2 is 1.65 bits per heavy atom. The first-order valence-electron chi connectivity index (χ1n) is 11.7. The van der Waals surface area contributed by atoms with Gasteiger partial charge in [0.2, 0.25) is 11.8 Å². The normalized spacial score (nSPS) is 27.7. The monoisotopic (exact) mass is 546 g/mol. The van der Waals surface area contributed by atoms with E-state index in [0.717, 1.165) is 4.90 Å². The Bertz CT molecular complexity index is 1250. The second-order valence-corrected chi connectivity index (χ2v) is 10.3. The van der Waals surface area contributed by atoms with Crippen LogP contribution in [0, 0.1) is 23.7 Å². The van der Waals surface area contributed by atoms with Gasteiger partial charge in [-0.1, -0.05) is 6.07 Å². The van der Waals surface area contributed by atoms with Gasteiger partial charge in [-0.2, -0.15) is 0 Å². The maximum Gasteiger partial charge on any atom is 0.338 e. The maximum atomic E-state index is 13.2. The number of anilines is 2. The molecular weight excluding hydrogens is 523 g/mol. The molecule has 3 amide bonds. The Morgan fingerprint density at radius 3 is 2.27 bits per heavy atom. The highest BCUT2D eigenvalue weighted by Gasteiger charge is 2.66. The first-order chi connectivity index (χ1) is 17.7. The topological polar surface area (TPSA) is 111 Å². The van der Waals surface area contributed by atoms with Crippen LogP contribution in [0.2, 0.25) is 0 Å². The van der Waals surface area contributed by atoms with Gasteiger partial charge in [0.1, 0.15) is 11.5 Å². The Kier molecular flexibility index (Phi) is 6.76. The molecule has 5 rings (SSSR count). The number of halogens is 2. The highest BCUT2D eigenvalue weighted by atomic mass is 35.5. The van der Waals surface area contributed by atoms with Gasteiger partial charge in [-0.3, -0.25) is 19.3 Å². The van der Waals surface area contributed by atoms with Gasteiger partial charge < -0.3 is 19.5 Å². The zero-order valence-corrected chi connectivity index (χ0v) is 21.5. The van der Waals surface area contributed by atoms with Crippen molar-refractivity contribution in [2.75, 3.05) is 31.0 Å². The summed E-state index contributed by atoms with van der Waals surface area (Å²) in [6.45, 7) is -0.563. The minimum absolute atomic E-state index is 0.0929. The third-order valence-electron chi connectivity index (χ3n) is 7.34. The Labute approximate surface area is 222 Å². The molecule has 37 heavy (non-hydrogen) atoms. The van der Waals surface area contributed by atoms with Crippen LogP contribution in [0.15, 0.2) is 42.5 Å². The highest BCUT2D eigenvalue weighted by molar-refractivity contribution is 6.32. The van der Waals surface area contributed by atoms with E-state index in [2.05, 4.69) is 5.32 Å². The number of carbonyl (C=O) groups is 4. The van der Waals surface area contributed by atoms with E-state index in [9.17, 15) is 19.2 Å². The van der Waals surface area contributed by atoms with Crippen molar-refractivity contribution >= 4 is 58.3 Å². The van der Waals surface area contributed by atoms with E-state index in [0.29, 0.717) is 23.6 Å². The molecule has 1 aliphatic heterocycles. The summed E-state index contributed by atoms with van der Waals surface area (Å²) in [5.41, 5.74) is 0.713. The number of rotatable bonds is 7. The number of hydrogen-bond acceptors (Lipinski definition) is 7. The van der Waals surface area contributed by atoms with E-state index >= 15 is 0 Å². The SMILES string of the molecule is COc1ccc(OC)c(NC(=O)COC(=O)c2cccc(N3C(=O)[C@@H]4[C@H]5C[C@@H]([C@H](Cl)[C@@H]5Cl)[C@@H]4C3=O)c2)c1. The maximum absolute atomic E-state index is 13.2. The van der Waals surface area contributed by atoms with E-state index in [-0.39, 0.29) is 45.7 Å². The summed E-state index contributed by atoms with van der Waals surface area (Å²) in [6.07, 6.45) is 0.666. The average molecular weight is 547 g/mol. The van der Waals surface area contributed by atoms with Crippen molar-refractivity contribution in [2.24, 2.45) is 23.7 Å². The summed E-state index contributed by atoms with van der Waals surface area (Å²) >= 11 is 12.8. The number of carbonyl (C=O) groups excluding carboxylic acids is 4. The molecule has 2 saturated carbocycles. The fraction of sp³-hybridized carbons (Fsp3) is 0.385. The Morgan fingerprint density at radius 1 is 0.973 bits per heavy atom. The molecule has 2 aromatic rings. The van der Waals surface area contributed by atoms with E-state index in [1.165, 1.54) is 26.4 Å². The first kappa shape index (κ1) is 25.4. The van der Waals surface area contributed by atoms with Gasteiger partial charge in [0, 0.05) is 6.07 Å². The summed E-state index contributed by atoms with van der Waals surface area (Å²) in [4.78, 5) is 52.6. The van der Waals surface area contributed by atoms with Gasteiger partial charge in [0.15, 0.2) is 6.61 Å². The van der Waals surface area contributed by atoms with Gasteiger partial charge in [-0.15, -0.1) is 23.2 Å². The van der Waals surface area contributed by atoms with Crippen molar-refractivity contribution in [2.45, 2.75) is 17.2 Å². The minimum Gasteiger partial charge on any atom is -0.497 e. The second-order valence-electron chi connectivity index (χ2n) is 9.26. The molecule has 1 N–H and O–H groups in total.